The van der Waals surface area contributed by atoms with Crippen molar-refractivity contribution in [3.8, 4) is 33.8 Å². The molecule has 0 saturated carbocycles. The molecule has 5 aromatic carbocycles. The van der Waals surface area contributed by atoms with Crippen LogP contribution in [0.5, 0.6) is 11.5 Å². The standard InChI is InChI=1S/C26H17ClO2/c27-18-9-14-23-24(15-18)26(17-7-12-20(29)13-8-17)22-4-2-1-3-21(22)25(23)16-5-10-19(28)11-6-16/h1-15,28-29H. The Kier molecular flexibility index (Phi) is 4.15. The van der Waals surface area contributed by atoms with Gasteiger partial charge in [-0.1, -0.05) is 66.2 Å². The number of hydrogen-bond donors (Lipinski definition) is 2. The van der Waals surface area contributed by atoms with Crippen LogP contribution in [0.1, 0.15) is 0 Å². The molecule has 0 aliphatic rings. The molecule has 0 aromatic heterocycles. The predicted molar refractivity (Wildman–Crippen MR) is 121 cm³/mol. The van der Waals surface area contributed by atoms with Crippen LogP contribution in [-0.4, -0.2) is 10.2 Å². The second-order valence-corrected chi connectivity index (χ2v) is 7.52. The molecule has 0 spiro atoms. The van der Waals surface area contributed by atoms with Crippen LogP contribution in [0.2, 0.25) is 5.02 Å². The van der Waals surface area contributed by atoms with Crippen LogP contribution in [-0.2, 0) is 0 Å². The van der Waals surface area contributed by atoms with Crippen LogP contribution in [0, 0.1) is 0 Å². The zero-order chi connectivity index (χ0) is 20.0. The summed E-state index contributed by atoms with van der Waals surface area (Å²) in [5.41, 5.74) is 4.24. The maximum atomic E-state index is 9.75. The molecule has 3 heteroatoms. The molecule has 5 aromatic rings. The van der Waals surface area contributed by atoms with E-state index in [0.717, 1.165) is 43.8 Å². The van der Waals surface area contributed by atoms with Crippen LogP contribution < -0.4 is 0 Å². The summed E-state index contributed by atoms with van der Waals surface area (Å²) in [7, 11) is 0. The largest absolute Gasteiger partial charge is 0.508 e. The lowest BCUT2D eigenvalue weighted by Crippen LogP contribution is -1.90. The zero-order valence-corrected chi connectivity index (χ0v) is 16.2. The SMILES string of the molecule is Oc1ccc(-c2c3ccccc3c(-c3ccc(O)cc3)c3cc(Cl)ccc23)cc1. The second-order valence-electron chi connectivity index (χ2n) is 7.08. The van der Waals surface area contributed by atoms with Gasteiger partial charge in [-0.25, -0.2) is 0 Å². The molecule has 0 unspecified atom stereocenters. The average molecular weight is 397 g/mol. The van der Waals surface area contributed by atoms with E-state index in [0.29, 0.717) is 5.02 Å². The summed E-state index contributed by atoms with van der Waals surface area (Å²) in [5.74, 6) is 0.479. The number of rotatable bonds is 2. The van der Waals surface area contributed by atoms with E-state index < -0.39 is 0 Å². The third-order valence-corrected chi connectivity index (χ3v) is 5.53. The molecule has 2 N–H and O–H groups in total. The summed E-state index contributed by atoms with van der Waals surface area (Å²) < 4.78 is 0. The number of fused-ring (bicyclic) bond motifs is 2. The van der Waals surface area contributed by atoms with E-state index >= 15 is 0 Å². The maximum absolute atomic E-state index is 9.75. The summed E-state index contributed by atoms with van der Waals surface area (Å²) >= 11 is 6.40. The van der Waals surface area contributed by atoms with Gasteiger partial charge in [0.05, 0.1) is 0 Å². The van der Waals surface area contributed by atoms with E-state index in [9.17, 15) is 10.2 Å². The first kappa shape index (κ1) is 17.6. The van der Waals surface area contributed by atoms with Crippen LogP contribution in [0.15, 0.2) is 91.0 Å². The summed E-state index contributed by atoms with van der Waals surface area (Å²) in [6.45, 7) is 0. The first-order valence-corrected chi connectivity index (χ1v) is 9.72. The summed E-state index contributed by atoms with van der Waals surface area (Å²) in [6, 6.07) is 28.8. The molecule has 0 radical (unpaired) electrons. The van der Waals surface area contributed by atoms with Gasteiger partial charge < -0.3 is 10.2 Å². The molecule has 0 fully saturated rings. The van der Waals surface area contributed by atoms with E-state index in [2.05, 4.69) is 18.2 Å². The highest BCUT2D eigenvalue weighted by molar-refractivity contribution is 6.32. The van der Waals surface area contributed by atoms with Crippen LogP contribution in [0.3, 0.4) is 0 Å². The molecular formula is C26H17ClO2. The molecule has 0 bridgehead atoms. The van der Waals surface area contributed by atoms with Gasteiger partial charge in [-0.3, -0.25) is 0 Å². The molecule has 0 aliphatic heterocycles. The highest BCUT2D eigenvalue weighted by Gasteiger charge is 2.16. The van der Waals surface area contributed by atoms with Gasteiger partial charge in [0.1, 0.15) is 11.5 Å². The minimum atomic E-state index is 0.237. The normalized spacial score (nSPS) is 11.2. The first-order valence-electron chi connectivity index (χ1n) is 9.34. The van der Waals surface area contributed by atoms with Crippen molar-refractivity contribution in [1.82, 2.24) is 0 Å². The Hall–Kier alpha value is -3.49. The number of phenolic OH excluding ortho intramolecular Hbond substituents is 2. The van der Waals surface area contributed by atoms with E-state index in [-0.39, 0.29) is 11.5 Å². The van der Waals surface area contributed by atoms with Gasteiger partial charge in [0, 0.05) is 5.02 Å². The number of benzene rings is 5. The molecule has 0 amide bonds. The topological polar surface area (TPSA) is 40.5 Å². The van der Waals surface area contributed by atoms with Crippen LogP contribution >= 0.6 is 11.6 Å². The number of hydrogen-bond acceptors (Lipinski definition) is 2. The molecule has 0 aliphatic carbocycles. The Labute approximate surface area is 173 Å². The fourth-order valence-corrected chi connectivity index (χ4v) is 4.20. The smallest absolute Gasteiger partial charge is 0.115 e. The van der Waals surface area contributed by atoms with Crippen molar-refractivity contribution in [2.45, 2.75) is 0 Å². The quantitative estimate of drug-likeness (QED) is 0.305. The average Bonchev–Trinajstić information content (AvgIpc) is 2.74. The molecule has 2 nitrogen and oxygen atoms in total. The van der Waals surface area contributed by atoms with Crippen molar-refractivity contribution < 1.29 is 10.2 Å². The highest BCUT2D eigenvalue weighted by Crippen LogP contribution is 2.44. The Balaban J connectivity index is 1.98. The first-order chi connectivity index (χ1) is 14.1. The van der Waals surface area contributed by atoms with Gasteiger partial charge >= 0.3 is 0 Å². The minimum Gasteiger partial charge on any atom is -0.508 e. The lowest BCUT2D eigenvalue weighted by Gasteiger charge is -2.18. The van der Waals surface area contributed by atoms with Gasteiger partial charge in [-0.2, -0.15) is 0 Å². The monoisotopic (exact) mass is 396 g/mol. The molecule has 0 heterocycles. The van der Waals surface area contributed by atoms with Gasteiger partial charge in [-0.05, 0) is 80.2 Å². The lowest BCUT2D eigenvalue weighted by atomic mass is 9.86. The molecule has 0 atom stereocenters. The minimum absolute atomic E-state index is 0.237. The summed E-state index contributed by atoms with van der Waals surface area (Å²) in [5, 5.41) is 24.5. The fourth-order valence-electron chi connectivity index (χ4n) is 4.03. The summed E-state index contributed by atoms with van der Waals surface area (Å²) in [6.07, 6.45) is 0. The van der Waals surface area contributed by atoms with Crippen molar-refractivity contribution in [3.63, 3.8) is 0 Å². The van der Waals surface area contributed by atoms with Crippen molar-refractivity contribution in [3.05, 3.63) is 96.0 Å². The fraction of sp³-hybridized carbons (Fsp3) is 0. The Morgan fingerprint density at radius 1 is 0.483 bits per heavy atom. The molecule has 5 rings (SSSR count). The van der Waals surface area contributed by atoms with E-state index in [1.807, 2.05) is 48.5 Å². The van der Waals surface area contributed by atoms with Gasteiger partial charge in [0.2, 0.25) is 0 Å². The third-order valence-electron chi connectivity index (χ3n) is 5.30. The van der Waals surface area contributed by atoms with E-state index in [4.69, 9.17) is 11.6 Å². The van der Waals surface area contributed by atoms with Crippen molar-refractivity contribution in [2.24, 2.45) is 0 Å². The Bertz CT molecular complexity index is 1350. The van der Waals surface area contributed by atoms with E-state index in [1.54, 1.807) is 24.3 Å². The number of aromatic hydroxyl groups is 2. The van der Waals surface area contributed by atoms with Crippen LogP contribution in [0.4, 0.5) is 0 Å². The predicted octanol–water partition coefficient (Wildman–Crippen LogP) is 7.39. The van der Waals surface area contributed by atoms with Crippen molar-refractivity contribution >= 4 is 33.1 Å². The van der Waals surface area contributed by atoms with Crippen molar-refractivity contribution in [1.29, 1.82) is 0 Å². The molecule has 0 saturated heterocycles. The number of halogens is 1. The van der Waals surface area contributed by atoms with Gasteiger partial charge in [-0.15, -0.1) is 0 Å². The highest BCUT2D eigenvalue weighted by atomic mass is 35.5. The van der Waals surface area contributed by atoms with E-state index in [1.165, 1.54) is 0 Å². The zero-order valence-electron chi connectivity index (χ0n) is 15.4. The van der Waals surface area contributed by atoms with Gasteiger partial charge in [0.25, 0.3) is 0 Å². The Morgan fingerprint density at radius 3 is 1.45 bits per heavy atom. The number of phenols is 2. The van der Waals surface area contributed by atoms with Gasteiger partial charge in [0.15, 0.2) is 0 Å². The van der Waals surface area contributed by atoms with Crippen LogP contribution in [0.25, 0.3) is 43.8 Å². The second kappa shape index (κ2) is 6.84. The van der Waals surface area contributed by atoms with Crippen molar-refractivity contribution in [2.75, 3.05) is 0 Å². The molecule has 140 valence electrons. The molecule has 29 heavy (non-hydrogen) atoms. The molecular weight excluding hydrogens is 380 g/mol. The Morgan fingerprint density at radius 2 is 0.931 bits per heavy atom. The maximum Gasteiger partial charge on any atom is 0.115 e. The lowest BCUT2D eigenvalue weighted by molar-refractivity contribution is 0.475. The summed E-state index contributed by atoms with van der Waals surface area (Å²) in [4.78, 5) is 0. The third kappa shape index (κ3) is 2.98.